The van der Waals surface area contributed by atoms with E-state index in [-0.39, 0.29) is 17.7 Å². The van der Waals surface area contributed by atoms with Crippen LogP contribution in [0.3, 0.4) is 0 Å². The summed E-state index contributed by atoms with van der Waals surface area (Å²) in [5, 5.41) is 12.4. The number of carbonyl (C=O) groups excluding carboxylic acids is 1. The number of aliphatic hydroxyl groups is 1. The number of amides is 1. The highest BCUT2D eigenvalue weighted by Gasteiger charge is 2.31. The number of nitrogens with zero attached hydrogens (tertiary/aromatic N) is 1. The number of aliphatic hydroxyl groups excluding tert-OH is 1. The molecule has 1 aliphatic rings. The second-order valence-electron chi connectivity index (χ2n) is 4.38. The van der Waals surface area contributed by atoms with Gasteiger partial charge in [-0.25, -0.2) is 4.39 Å². The van der Waals surface area contributed by atoms with Crippen molar-refractivity contribution in [2.75, 3.05) is 23.7 Å². The van der Waals surface area contributed by atoms with Crippen LogP contribution in [0.5, 0.6) is 0 Å². The molecule has 0 bridgehead atoms. The fraction of sp³-hybridized carbons (Fsp3) is 0.417. The number of nitrogen functional groups attached to an aromatic ring is 1. The Bertz CT molecular complexity index is 483. The van der Waals surface area contributed by atoms with Crippen LogP contribution in [-0.2, 0) is 9.53 Å². The summed E-state index contributed by atoms with van der Waals surface area (Å²) in [5.74, 6) is -0.718. The van der Waals surface area contributed by atoms with Crippen molar-refractivity contribution in [3.63, 3.8) is 0 Å². The molecule has 1 amide bonds. The van der Waals surface area contributed by atoms with E-state index >= 15 is 0 Å². The zero-order chi connectivity index (χ0) is 14.0. The summed E-state index contributed by atoms with van der Waals surface area (Å²) >= 11 is 0. The first kappa shape index (κ1) is 13.6. The first-order valence-corrected chi connectivity index (χ1v) is 5.87. The fourth-order valence-corrected chi connectivity index (χ4v) is 1.90. The van der Waals surface area contributed by atoms with Gasteiger partial charge in [-0.1, -0.05) is 0 Å². The molecule has 4 N–H and O–H groups in total. The Labute approximate surface area is 109 Å². The average Bonchev–Trinajstić information content (AvgIpc) is 2.72. The second kappa shape index (κ2) is 5.41. The number of nitrogens with one attached hydrogen (secondary N) is 1. The molecule has 2 atom stereocenters. The molecule has 1 aromatic carbocycles. The molecule has 2 rings (SSSR count). The van der Waals surface area contributed by atoms with Crippen LogP contribution < -0.4 is 16.0 Å². The Kier molecular flexibility index (Phi) is 3.87. The Morgan fingerprint density at radius 2 is 2.42 bits per heavy atom. The third-order valence-corrected chi connectivity index (χ3v) is 2.88. The summed E-state index contributed by atoms with van der Waals surface area (Å²) in [6.07, 6.45) is -1.51. The minimum atomic E-state index is -1.17. The fourth-order valence-electron chi connectivity index (χ4n) is 1.90. The highest BCUT2D eigenvalue weighted by Crippen LogP contribution is 2.25. The van der Waals surface area contributed by atoms with Crippen molar-refractivity contribution < 1.29 is 19.0 Å². The number of hydrogen-bond donors (Lipinski definition) is 3. The molecule has 1 aromatic rings. The van der Waals surface area contributed by atoms with Gasteiger partial charge in [0.05, 0.1) is 18.3 Å². The zero-order valence-corrected chi connectivity index (χ0v) is 10.5. The molecular weight excluding hydrogens is 253 g/mol. The lowest BCUT2D eigenvalue weighted by molar-refractivity contribution is -0.121. The largest absolute Gasteiger partial charge is 0.396 e. The van der Waals surface area contributed by atoms with Crippen LogP contribution in [0.1, 0.15) is 6.92 Å². The number of halogens is 1. The lowest BCUT2D eigenvalue weighted by Crippen LogP contribution is -2.33. The van der Waals surface area contributed by atoms with Gasteiger partial charge in [0.15, 0.2) is 0 Å². The van der Waals surface area contributed by atoms with E-state index in [9.17, 15) is 14.3 Å². The quantitative estimate of drug-likeness (QED) is 0.674. The lowest BCUT2D eigenvalue weighted by Gasteiger charge is -2.20. The topological polar surface area (TPSA) is 87.8 Å². The summed E-state index contributed by atoms with van der Waals surface area (Å²) in [5.41, 5.74) is 5.92. The van der Waals surface area contributed by atoms with Gasteiger partial charge in [0.25, 0.3) is 0 Å². The molecule has 104 valence electrons. The highest BCUT2D eigenvalue weighted by atomic mass is 19.1. The first-order valence-electron chi connectivity index (χ1n) is 5.87. The molecule has 6 nitrogen and oxygen atoms in total. The number of rotatable bonds is 3. The van der Waals surface area contributed by atoms with E-state index in [1.807, 2.05) is 0 Å². The minimum Gasteiger partial charge on any atom is -0.396 e. The third kappa shape index (κ3) is 3.12. The predicted molar refractivity (Wildman–Crippen MR) is 67.7 cm³/mol. The summed E-state index contributed by atoms with van der Waals surface area (Å²) < 4.78 is 18.6. The molecule has 0 spiro atoms. The molecular formula is C12H16FN3O3. The van der Waals surface area contributed by atoms with Crippen LogP contribution in [0.4, 0.5) is 15.8 Å². The summed E-state index contributed by atoms with van der Waals surface area (Å²) in [4.78, 5) is 12.3. The van der Waals surface area contributed by atoms with Crippen LogP contribution in [0, 0.1) is 5.82 Å². The molecule has 1 aliphatic heterocycles. The first-order chi connectivity index (χ1) is 8.97. The smallest absolute Gasteiger partial charge is 0.238 e. The zero-order valence-electron chi connectivity index (χ0n) is 10.5. The SMILES string of the molecule is CC(=O)NC[C@H]1CN(c2ccc(N)c(F)c2)C(O)O1. The Hall–Kier alpha value is -1.86. The van der Waals surface area contributed by atoms with Crippen molar-refractivity contribution in [1.29, 1.82) is 0 Å². The van der Waals surface area contributed by atoms with E-state index < -0.39 is 12.2 Å². The van der Waals surface area contributed by atoms with Crippen molar-refractivity contribution in [3.05, 3.63) is 24.0 Å². The number of nitrogens with two attached hydrogens (primary N) is 1. The highest BCUT2D eigenvalue weighted by molar-refractivity contribution is 5.72. The Morgan fingerprint density at radius 1 is 1.68 bits per heavy atom. The van der Waals surface area contributed by atoms with Crippen molar-refractivity contribution in [1.82, 2.24) is 5.32 Å². The van der Waals surface area contributed by atoms with Crippen LogP contribution >= 0.6 is 0 Å². The number of hydrogen-bond acceptors (Lipinski definition) is 5. The van der Waals surface area contributed by atoms with E-state index in [1.54, 1.807) is 6.07 Å². The maximum Gasteiger partial charge on any atom is 0.238 e. The van der Waals surface area contributed by atoms with Gasteiger partial charge in [0.1, 0.15) is 5.82 Å². The molecule has 19 heavy (non-hydrogen) atoms. The van der Waals surface area contributed by atoms with Crippen molar-refractivity contribution in [3.8, 4) is 0 Å². The second-order valence-corrected chi connectivity index (χ2v) is 4.38. The molecule has 1 heterocycles. The molecule has 0 radical (unpaired) electrons. The van der Waals surface area contributed by atoms with Crippen LogP contribution in [0.25, 0.3) is 0 Å². The molecule has 7 heteroatoms. The average molecular weight is 269 g/mol. The molecule has 1 fully saturated rings. The number of anilines is 2. The van der Waals surface area contributed by atoms with E-state index in [0.29, 0.717) is 18.8 Å². The number of ether oxygens (including phenoxy) is 1. The monoisotopic (exact) mass is 269 g/mol. The van der Waals surface area contributed by atoms with Crippen LogP contribution in [0.15, 0.2) is 18.2 Å². The molecule has 0 saturated carbocycles. The van der Waals surface area contributed by atoms with Gasteiger partial charge in [0, 0.05) is 19.2 Å². The van der Waals surface area contributed by atoms with Gasteiger partial charge in [-0.05, 0) is 18.2 Å². The normalized spacial score (nSPS) is 22.6. The summed E-state index contributed by atoms with van der Waals surface area (Å²) in [6, 6.07) is 4.27. The van der Waals surface area contributed by atoms with Gasteiger partial charge >= 0.3 is 0 Å². The Morgan fingerprint density at radius 3 is 3.05 bits per heavy atom. The molecule has 1 saturated heterocycles. The summed E-state index contributed by atoms with van der Waals surface area (Å²) in [7, 11) is 0. The minimum absolute atomic E-state index is 0.0492. The van der Waals surface area contributed by atoms with Crippen molar-refractivity contribution in [2.24, 2.45) is 0 Å². The standard InChI is InChI=1S/C12H16FN3O3/c1-7(17)15-5-9-6-16(12(18)19-9)8-2-3-11(14)10(13)4-8/h2-4,9,12,18H,5-6,14H2,1H3,(H,15,17)/t9-,12?/m0/s1. The molecule has 0 aliphatic carbocycles. The third-order valence-electron chi connectivity index (χ3n) is 2.88. The maximum atomic E-state index is 13.4. The van der Waals surface area contributed by atoms with E-state index in [0.717, 1.165) is 0 Å². The van der Waals surface area contributed by atoms with Gasteiger partial charge in [-0.3, -0.25) is 4.79 Å². The van der Waals surface area contributed by atoms with E-state index in [1.165, 1.54) is 24.0 Å². The van der Waals surface area contributed by atoms with Crippen molar-refractivity contribution >= 4 is 17.3 Å². The van der Waals surface area contributed by atoms with Gasteiger partial charge in [-0.2, -0.15) is 0 Å². The predicted octanol–water partition coefficient (Wildman–Crippen LogP) is 0.0251. The lowest BCUT2D eigenvalue weighted by atomic mass is 10.2. The van der Waals surface area contributed by atoms with Gasteiger partial charge in [-0.15, -0.1) is 0 Å². The maximum absolute atomic E-state index is 13.4. The van der Waals surface area contributed by atoms with Crippen molar-refractivity contribution in [2.45, 2.75) is 19.4 Å². The van der Waals surface area contributed by atoms with Crippen LogP contribution in [0.2, 0.25) is 0 Å². The number of carbonyl (C=O) groups is 1. The molecule has 1 unspecified atom stereocenters. The van der Waals surface area contributed by atoms with E-state index in [4.69, 9.17) is 10.5 Å². The summed E-state index contributed by atoms with van der Waals surface area (Å²) in [6.45, 7) is 2.05. The van der Waals surface area contributed by atoms with Gasteiger partial charge in [0.2, 0.25) is 12.3 Å². The van der Waals surface area contributed by atoms with E-state index in [2.05, 4.69) is 5.32 Å². The molecule has 0 aromatic heterocycles. The number of benzene rings is 1. The van der Waals surface area contributed by atoms with Crippen LogP contribution in [-0.4, -0.2) is 36.6 Å². The Balaban J connectivity index is 2.04. The van der Waals surface area contributed by atoms with Gasteiger partial charge < -0.3 is 25.8 Å².